The standard InChI is InChI=1S/C74H119NO18/c1-3-5-7-9-11-13-15-17-19-21-22-23-24-25-26-27-28-29-30-31-32-33-34-36-38-40-42-44-46-48-50-52-62(80)75-57(58(79)51-49-47-45-43-41-39-37-35-20-18-16-14-12-10-8-6-4-2)56-88-72-68(86)65(83)70(60(54-77)90-72)93-74-69(87)66(84)71(61(55-78)91-74)92-73-67(85)64(82)63(81)59(53-76)89-73/h5,7,11,13,17,19-20,22-23,25-26,28-29,31-32,34-36,40-43,49,51,57-61,63-74,76-79,81-87H,3-4,6,8-10,12,14-16,18,21,24,27,30,33,37-39,44-48,50,52-56H2,1-2H3,(H,75,80)/b7-5-,13-11-,19-17-,23-22-,26-25-,29-28-,32-31-,35-20+,36-34-,42-40-,43-41+,51-49+. The van der Waals surface area contributed by atoms with Crippen LogP contribution in [0.5, 0.6) is 0 Å². The summed E-state index contributed by atoms with van der Waals surface area (Å²) < 4.78 is 34.3. The molecule has 0 spiro atoms. The lowest BCUT2D eigenvalue weighted by atomic mass is 9.96. The number of hydrogen-bond donors (Lipinski definition) is 12. The number of hydrogen-bond acceptors (Lipinski definition) is 18. The molecule has 3 fully saturated rings. The van der Waals surface area contributed by atoms with Gasteiger partial charge in [0, 0.05) is 6.42 Å². The average molecular weight is 1310 g/mol. The summed E-state index contributed by atoms with van der Waals surface area (Å²) in [5.74, 6) is -0.329. The molecule has 3 heterocycles. The van der Waals surface area contributed by atoms with E-state index in [-0.39, 0.29) is 12.3 Å². The smallest absolute Gasteiger partial charge is 0.220 e. The van der Waals surface area contributed by atoms with Crippen molar-refractivity contribution in [3.05, 3.63) is 146 Å². The maximum Gasteiger partial charge on any atom is 0.220 e. The zero-order chi connectivity index (χ0) is 67.5. The first-order valence-electron chi connectivity index (χ1n) is 34.6. The minimum absolute atomic E-state index is 0.181. The van der Waals surface area contributed by atoms with Gasteiger partial charge in [-0.05, 0) is 116 Å². The van der Waals surface area contributed by atoms with Crippen molar-refractivity contribution in [3.8, 4) is 0 Å². The molecule has 0 aliphatic carbocycles. The van der Waals surface area contributed by atoms with Gasteiger partial charge in [-0.25, -0.2) is 0 Å². The fourth-order valence-electron chi connectivity index (χ4n) is 10.5. The van der Waals surface area contributed by atoms with Crippen LogP contribution in [0.3, 0.4) is 0 Å². The molecule has 93 heavy (non-hydrogen) atoms. The molecule has 0 aromatic heterocycles. The molecule has 1 amide bonds. The summed E-state index contributed by atoms with van der Waals surface area (Å²) in [6.07, 6.45) is 49.6. The van der Waals surface area contributed by atoms with E-state index in [4.69, 9.17) is 28.4 Å². The van der Waals surface area contributed by atoms with Gasteiger partial charge in [-0.15, -0.1) is 0 Å². The highest BCUT2D eigenvalue weighted by atomic mass is 16.8. The Morgan fingerprint density at radius 1 is 0.398 bits per heavy atom. The van der Waals surface area contributed by atoms with Crippen LogP contribution in [0, 0.1) is 0 Å². The molecule has 0 aromatic rings. The molecule has 17 unspecified atom stereocenters. The SMILES string of the molecule is CC/C=C\C/C=C\C/C=C\C/C=C\C/C=C\C/C=C\C/C=C\C/C=C\C/C=C\CCCCCC(=O)NC(COC1OC(CO)C(OC2OC(CO)C(OC3OC(CO)C(O)C(O)C3O)C(O)C2O)C(O)C1O)C(O)/C=C/CC/C=C/CC/C=C/CCCCCCCCC. The van der Waals surface area contributed by atoms with Gasteiger partial charge in [0.1, 0.15) is 73.2 Å². The highest BCUT2D eigenvalue weighted by molar-refractivity contribution is 5.76. The van der Waals surface area contributed by atoms with E-state index >= 15 is 0 Å². The van der Waals surface area contributed by atoms with Crippen LogP contribution in [-0.2, 0) is 33.2 Å². The van der Waals surface area contributed by atoms with E-state index < -0.39 is 131 Å². The van der Waals surface area contributed by atoms with Crippen LogP contribution in [0.15, 0.2) is 146 Å². The van der Waals surface area contributed by atoms with Crippen LogP contribution in [-0.4, -0.2) is 193 Å². The molecular weight excluding hydrogens is 1190 g/mol. The van der Waals surface area contributed by atoms with Gasteiger partial charge < -0.3 is 89.9 Å². The summed E-state index contributed by atoms with van der Waals surface area (Å²) >= 11 is 0. The molecule has 0 saturated carbocycles. The lowest BCUT2D eigenvalue weighted by Gasteiger charge is -2.48. The largest absolute Gasteiger partial charge is 0.394 e. The maximum atomic E-state index is 13.4. The number of amides is 1. The van der Waals surface area contributed by atoms with Crippen LogP contribution >= 0.6 is 0 Å². The number of nitrogens with one attached hydrogen (secondary N) is 1. The van der Waals surface area contributed by atoms with Crippen molar-refractivity contribution >= 4 is 5.91 Å². The van der Waals surface area contributed by atoms with Gasteiger partial charge >= 0.3 is 0 Å². The first kappa shape index (κ1) is 82.9. The summed E-state index contributed by atoms with van der Waals surface area (Å²) in [7, 11) is 0. The van der Waals surface area contributed by atoms with Crippen molar-refractivity contribution in [2.24, 2.45) is 0 Å². The number of allylic oxidation sites excluding steroid dienone is 23. The summed E-state index contributed by atoms with van der Waals surface area (Å²) in [4.78, 5) is 13.4. The van der Waals surface area contributed by atoms with Crippen molar-refractivity contribution in [3.63, 3.8) is 0 Å². The topological polar surface area (TPSA) is 307 Å². The number of carbonyl (C=O) groups is 1. The Bertz CT molecular complexity index is 2250. The van der Waals surface area contributed by atoms with E-state index in [1.807, 2.05) is 6.08 Å². The third-order valence-electron chi connectivity index (χ3n) is 16.1. The van der Waals surface area contributed by atoms with Crippen molar-refractivity contribution in [2.75, 3.05) is 26.4 Å². The summed E-state index contributed by atoms with van der Waals surface area (Å²) in [5.41, 5.74) is 0. The van der Waals surface area contributed by atoms with E-state index in [1.165, 1.54) is 44.9 Å². The van der Waals surface area contributed by atoms with Gasteiger partial charge in [0.2, 0.25) is 5.91 Å². The Labute approximate surface area is 555 Å². The summed E-state index contributed by atoms with van der Waals surface area (Å²) in [5, 5.41) is 120. The number of aliphatic hydroxyl groups is 11. The lowest BCUT2D eigenvalue weighted by Crippen LogP contribution is -2.66. The first-order chi connectivity index (χ1) is 45.3. The Kier molecular flexibility index (Phi) is 47.9. The number of unbranched alkanes of at least 4 members (excludes halogenated alkanes) is 12. The summed E-state index contributed by atoms with van der Waals surface area (Å²) in [6.45, 7) is 1.53. The zero-order valence-corrected chi connectivity index (χ0v) is 55.7. The van der Waals surface area contributed by atoms with Crippen LogP contribution in [0.4, 0.5) is 0 Å². The van der Waals surface area contributed by atoms with Gasteiger partial charge in [0.05, 0.1) is 38.6 Å². The van der Waals surface area contributed by atoms with Crippen LogP contribution < -0.4 is 5.32 Å². The average Bonchev–Trinajstić information content (AvgIpc) is 0.900. The Balaban J connectivity index is 1.46. The zero-order valence-electron chi connectivity index (χ0n) is 55.7. The predicted molar refractivity (Wildman–Crippen MR) is 364 cm³/mol. The van der Waals surface area contributed by atoms with E-state index in [0.29, 0.717) is 12.8 Å². The monoisotopic (exact) mass is 1310 g/mol. The highest BCUT2D eigenvalue weighted by Crippen LogP contribution is 2.33. The first-order valence-corrected chi connectivity index (χ1v) is 34.6. The van der Waals surface area contributed by atoms with Crippen LogP contribution in [0.25, 0.3) is 0 Å². The molecule has 19 heteroatoms. The Morgan fingerprint density at radius 3 is 1.20 bits per heavy atom. The van der Waals surface area contributed by atoms with Crippen molar-refractivity contribution in [1.29, 1.82) is 0 Å². The van der Waals surface area contributed by atoms with Crippen molar-refractivity contribution in [2.45, 2.75) is 285 Å². The fourth-order valence-corrected chi connectivity index (χ4v) is 10.5. The predicted octanol–water partition coefficient (Wildman–Crippen LogP) is 9.15. The van der Waals surface area contributed by atoms with Crippen LogP contribution in [0.1, 0.15) is 181 Å². The minimum Gasteiger partial charge on any atom is -0.394 e. The third-order valence-corrected chi connectivity index (χ3v) is 16.1. The van der Waals surface area contributed by atoms with Crippen molar-refractivity contribution < 1.29 is 89.4 Å². The third kappa shape index (κ3) is 35.5. The van der Waals surface area contributed by atoms with Crippen LogP contribution in [0.2, 0.25) is 0 Å². The molecule has 3 saturated heterocycles. The molecule has 0 aromatic carbocycles. The molecule has 3 rings (SSSR count). The molecule has 3 aliphatic rings. The minimum atomic E-state index is -1.99. The number of ether oxygens (including phenoxy) is 6. The fraction of sp³-hybridized carbons (Fsp3) is 0.662. The van der Waals surface area contributed by atoms with Gasteiger partial charge in [-0.1, -0.05) is 205 Å². The molecule has 0 radical (unpaired) electrons. The van der Waals surface area contributed by atoms with Gasteiger partial charge in [0.15, 0.2) is 18.9 Å². The molecule has 17 atom stereocenters. The van der Waals surface area contributed by atoms with E-state index in [1.54, 1.807) is 6.08 Å². The molecule has 0 bridgehead atoms. The Morgan fingerprint density at radius 2 is 0.753 bits per heavy atom. The maximum absolute atomic E-state index is 13.4. The number of aliphatic hydroxyl groups excluding tert-OH is 11. The molecule has 19 nitrogen and oxygen atoms in total. The Hall–Kier alpha value is -4.33. The second-order valence-electron chi connectivity index (χ2n) is 23.9. The number of carbonyl (C=O) groups excluding carboxylic acids is 1. The van der Waals surface area contributed by atoms with Gasteiger partial charge in [0.25, 0.3) is 0 Å². The van der Waals surface area contributed by atoms with E-state index in [0.717, 1.165) is 103 Å². The van der Waals surface area contributed by atoms with Gasteiger partial charge in [-0.3, -0.25) is 4.79 Å². The summed E-state index contributed by atoms with van der Waals surface area (Å²) in [6, 6.07) is -1.03. The second kappa shape index (κ2) is 53.8. The second-order valence-corrected chi connectivity index (χ2v) is 23.9. The lowest BCUT2D eigenvalue weighted by molar-refractivity contribution is -0.379. The molecular formula is C74H119NO18. The van der Waals surface area contributed by atoms with E-state index in [9.17, 15) is 61.0 Å². The molecule has 3 aliphatic heterocycles. The normalized spacial score (nSPS) is 28.5. The quantitative estimate of drug-likeness (QED) is 0.0199. The highest BCUT2D eigenvalue weighted by Gasteiger charge is 2.53. The molecule has 528 valence electrons. The van der Waals surface area contributed by atoms with E-state index in [2.05, 4.69) is 153 Å². The number of rotatable bonds is 50. The van der Waals surface area contributed by atoms with Crippen molar-refractivity contribution in [1.82, 2.24) is 5.32 Å². The molecule has 12 N–H and O–H groups in total. The van der Waals surface area contributed by atoms with Gasteiger partial charge in [-0.2, -0.15) is 0 Å².